The Hall–Kier alpha value is -2.04. The number of hydrogen-bond acceptors (Lipinski definition) is 3. The first-order chi connectivity index (χ1) is 12.1. The third kappa shape index (κ3) is 4.97. The fourth-order valence-corrected chi connectivity index (χ4v) is 3.40. The van der Waals surface area contributed by atoms with Crippen LogP contribution in [-0.4, -0.2) is 54.9 Å². The molecule has 0 N–H and O–H groups in total. The number of para-hydroxylation sites is 1. The largest absolute Gasteiger partial charge is 0.494 e. The van der Waals surface area contributed by atoms with Gasteiger partial charge in [-0.1, -0.05) is 18.2 Å². The number of carbonyl (C=O) groups is 2. The molecular formula is C20H28N2O3. The Kier molecular flexibility index (Phi) is 5.95. The van der Waals surface area contributed by atoms with Crippen molar-refractivity contribution >= 4 is 11.8 Å². The minimum atomic E-state index is -0.0449. The van der Waals surface area contributed by atoms with Crippen molar-refractivity contribution in [1.82, 2.24) is 9.80 Å². The molecule has 0 unspecified atom stereocenters. The second-order valence-electron chi connectivity index (χ2n) is 7.17. The quantitative estimate of drug-likeness (QED) is 0.714. The maximum Gasteiger partial charge on any atom is 0.227 e. The summed E-state index contributed by atoms with van der Waals surface area (Å²) in [7, 11) is 1.85. The van der Waals surface area contributed by atoms with Gasteiger partial charge in [-0.2, -0.15) is 0 Å². The summed E-state index contributed by atoms with van der Waals surface area (Å²) in [6.07, 6.45) is 4.66. The number of carbonyl (C=O) groups excluding carboxylic acids is 2. The van der Waals surface area contributed by atoms with Gasteiger partial charge in [-0.15, -0.1) is 0 Å². The Bertz CT molecular complexity index is 586. The third-order valence-corrected chi connectivity index (χ3v) is 5.03. The van der Waals surface area contributed by atoms with Crippen LogP contribution in [0.3, 0.4) is 0 Å². The number of ether oxygens (including phenoxy) is 1. The molecular weight excluding hydrogens is 316 g/mol. The maximum atomic E-state index is 12.7. The maximum absolute atomic E-state index is 12.7. The monoisotopic (exact) mass is 344 g/mol. The van der Waals surface area contributed by atoms with Gasteiger partial charge in [-0.05, 0) is 44.2 Å². The summed E-state index contributed by atoms with van der Waals surface area (Å²) in [5, 5.41) is 0. The van der Waals surface area contributed by atoms with Gasteiger partial charge in [0.25, 0.3) is 0 Å². The summed E-state index contributed by atoms with van der Waals surface area (Å²) >= 11 is 0. The van der Waals surface area contributed by atoms with Crippen molar-refractivity contribution in [1.29, 1.82) is 0 Å². The minimum Gasteiger partial charge on any atom is -0.494 e. The summed E-state index contributed by atoms with van der Waals surface area (Å²) < 4.78 is 5.67. The Morgan fingerprint density at radius 3 is 2.64 bits per heavy atom. The van der Waals surface area contributed by atoms with Gasteiger partial charge in [0.1, 0.15) is 5.75 Å². The molecule has 3 rings (SSSR count). The fourth-order valence-electron chi connectivity index (χ4n) is 3.40. The predicted molar refractivity (Wildman–Crippen MR) is 96.2 cm³/mol. The lowest BCUT2D eigenvalue weighted by atomic mass is 9.96. The Morgan fingerprint density at radius 1 is 1.16 bits per heavy atom. The van der Waals surface area contributed by atoms with E-state index >= 15 is 0 Å². The summed E-state index contributed by atoms with van der Waals surface area (Å²) in [6, 6.07) is 9.72. The van der Waals surface area contributed by atoms with E-state index in [0.29, 0.717) is 19.7 Å². The number of hydrogen-bond donors (Lipinski definition) is 0. The van der Waals surface area contributed by atoms with Gasteiger partial charge in [-0.25, -0.2) is 0 Å². The van der Waals surface area contributed by atoms with E-state index in [1.54, 1.807) is 4.90 Å². The molecule has 2 fully saturated rings. The SMILES string of the molecule is CN(CCCOc1ccccc1)C(=O)[C@H]1CCCN(C(=O)C2CC2)C1. The molecule has 2 amide bonds. The van der Waals surface area contributed by atoms with E-state index in [0.717, 1.165) is 44.4 Å². The molecule has 5 heteroatoms. The predicted octanol–water partition coefficient (Wildman–Crippen LogP) is 2.56. The van der Waals surface area contributed by atoms with Crippen molar-refractivity contribution in [3.63, 3.8) is 0 Å². The number of rotatable bonds is 7. The van der Waals surface area contributed by atoms with Crippen LogP contribution in [0.2, 0.25) is 0 Å². The molecule has 1 heterocycles. The average molecular weight is 344 g/mol. The molecule has 136 valence electrons. The lowest BCUT2D eigenvalue weighted by Gasteiger charge is -2.34. The lowest BCUT2D eigenvalue weighted by Crippen LogP contribution is -2.46. The van der Waals surface area contributed by atoms with Crippen molar-refractivity contribution < 1.29 is 14.3 Å². The van der Waals surface area contributed by atoms with Crippen LogP contribution in [0.5, 0.6) is 5.75 Å². The number of nitrogens with zero attached hydrogens (tertiary/aromatic N) is 2. The first-order valence-corrected chi connectivity index (χ1v) is 9.37. The van der Waals surface area contributed by atoms with Crippen molar-refractivity contribution in [2.75, 3.05) is 33.3 Å². The first-order valence-electron chi connectivity index (χ1n) is 9.37. The van der Waals surface area contributed by atoms with Crippen LogP contribution in [0, 0.1) is 11.8 Å². The van der Waals surface area contributed by atoms with Gasteiger partial charge in [-0.3, -0.25) is 9.59 Å². The van der Waals surface area contributed by atoms with Gasteiger partial charge in [0.2, 0.25) is 11.8 Å². The standard InChI is InChI=1S/C20H28N2O3/c1-21(12-6-14-25-18-8-3-2-4-9-18)19(23)17-7-5-13-22(15-17)20(24)16-10-11-16/h2-4,8-9,16-17H,5-7,10-15H2,1H3/t17-/m0/s1. The number of likely N-dealkylation sites (tertiary alicyclic amines) is 1. The molecule has 0 aromatic heterocycles. The van der Waals surface area contributed by atoms with Crippen LogP contribution in [0.4, 0.5) is 0 Å². The third-order valence-electron chi connectivity index (χ3n) is 5.03. The van der Waals surface area contributed by atoms with Crippen LogP contribution >= 0.6 is 0 Å². The molecule has 25 heavy (non-hydrogen) atoms. The normalized spacial score (nSPS) is 20.2. The van der Waals surface area contributed by atoms with Crippen LogP contribution < -0.4 is 4.74 Å². The first kappa shape index (κ1) is 17.8. The average Bonchev–Trinajstić information content (AvgIpc) is 3.50. The highest BCUT2D eigenvalue weighted by Gasteiger charge is 2.37. The second kappa shape index (κ2) is 8.37. The van der Waals surface area contributed by atoms with Gasteiger partial charge < -0.3 is 14.5 Å². The molecule has 1 aromatic carbocycles. The summed E-state index contributed by atoms with van der Waals surface area (Å²) in [5.41, 5.74) is 0. The smallest absolute Gasteiger partial charge is 0.227 e. The number of benzene rings is 1. The number of piperidine rings is 1. The van der Waals surface area contributed by atoms with E-state index in [-0.39, 0.29) is 23.7 Å². The Morgan fingerprint density at radius 2 is 1.92 bits per heavy atom. The molecule has 5 nitrogen and oxygen atoms in total. The molecule has 1 atom stereocenters. The Labute approximate surface area is 149 Å². The van der Waals surface area contributed by atoms with Gasteiger partial charge >= 0.3 is 0 Å². The van der Waals surface area contributed by atoms with Crippen LogP contribution in [0.1, 0.15) is 32.1 Å². The van der Waals surface area contributed by atoms with Crippen LogP contribution in [0.25, 0.3) is 0 Å². The van der Waals surface area contributed by atoms with E-state index in [4.69, 9.17) is 4.74 Å². The minimum absolute atomic E-state index is 0.0449. The zero-order valence-corrected chi connectivity index (χ0v) is 15.0. The van der Waals surface area contributed by atoms with E-state index in [1.165, 1.54) is 0 Å². The highest BCUT2D eigenvalue weighted by molar-refractivity contribution is 5.83. The summed E-state index contributed by atoms with van der Waals surface area (Å²) in [6.45, 7) is 2.68. The van der Waals surface area contributed by atoms with Gasteiger partial charge in [0.05, 0.1) is 12.5 Å². The molecule has 0 radical (unpaired) electrons. The molecule has 2 aliphatic rings. The van der Waals surface area contributed by atoms with Crippen LogP contribution in [-0.2, 0) is 9.59 Å². The molecule has 1 aromatic rings. The zero-order valence-electron chi connectivity index (χ0n) is 15.0. The fraction of sp³-hybridized carbons (Fsp3) is 0.600. The van der Waals surface area contributed by atoms with Crippen molar-refractivity contribution in [3.8, 4) is 5.75 Å². The zero-order chi connectivity index (χ0) is 17.6. The van der Waals surface area contributed by atoms with Crippen molar-refractivity contribution in [2.24, 2.45) is 11.8 Å². The summed E-state index contributed by atoms with van der Waals surface area (Å²) in [4.78, 5) is 28.6. The highest BCUT2D eigenvalue weighted by Crippen LogP contribution is 2.32. The second-order valence-corrected chi connectivity index (χ2v) is 7.17. The van der Waals surface area contributed by atoms with E-state index in [2.05, 4.69) is 0 Å². The number of amides is 2. The van der Waals surface area contributed by atoms with E-state index < -0.39 is 0 Å². The Balaban J connectivity index is 1.39. The molecule has 1 aliphatic heterocycles. The van der Waals surface area contributed by atoms with Crippen molar-refractivity contribution in [3.05, 3.63) is 30.3 Å². The molecule has 0 spiro atoms. The topological polar surface area (TPSA) is 49.9 Å². The van der Waals surface area contributed by atoms with Crippen molar-refractivity contribution in [2.45, 2.75) is 32.1 Å². The molecule has 1 saturated heterocycles. The molecule has 0 bridgehead atoms. The highest BCUT2D eigenvalue weighted by atomic mass is 16.5. The van der Waals surface area contributed by atoms with E-state index in [9.17, 15) is 9.59 Å². The van der Waals surface area contributed by atoms with Gasteiger partial charge in [0, 0.05) is 32.6 Å². The molecule has 1 aliphatic carbocycles. The van der Waals surface area contributed by atoms with Gasteiger partial charge in [0.15, 0.2) is 0 Å². The summed E-state index contributed by atoms with van der Waals surface area (Å²) in [5.74, 6) is 1.47. The van der Waals surface area contributed by atoms with Crippen LogP contribution in [0.15, 0.2) is 30.3 Å². The molecule has 1 saturated carbocycles. The lowest BCUT2D eigenvalue weighted by molar-refractivity contribution is -0.140. The van der Waals surface area contributed by atoms with E-state index in [1.807, 2.05) is 42.3 Å².